The number of alkyl halides is 3. The molecule has 160 valence electrons. The van der Waals surface area contributed by atoms with Crippen LogP contribution in [0.5, 0.6) is 0 Å². The molecule has 0 aliphatic rings. The summed E-state index contributed by atoms with van der Waals surface area (Å²) >= 11 is 11.8. The Morgan fingerprint density at radius 3 is 2.23 bits per heavy atom. The lowest BCUT2D eigenvalue weighted by molar-refractivity contribution is -0.137. The number of hydrogen-bond acceptors (Lipinski definition) is 2. The fourth-order valence-electron chi connectivity index (χ4n) is 2.79. The molecule has 0 aromatic heterocycles. The van der Waals surface area contributed by atoms with Crippen molar-refractivity contribution in [3.05, 3.63) is 94.0 Å². The van der Waals surface area contributed by atoms with Gasteiger partial charge in [-0.05, 0) is 48.5 Å². The van der Waals surface area contributed by atoms with E-state index < -0.39 is 30.1 Å². The maximum atomic E-state index is 13.1. The first-order chi connectivity index (χ1) is 14.6. The van der Waals surface area contributed by atoms with E-state index in [1.165, 1.54) is 24.3 Å². The summed E-state index contributed by atoms with van der Waals surface area (Å²) < 4.78 is 39.2. The Labute approximate surface area is 186 Å². The minimum Gasteiger partial charge on any atom is -0.324 e. The Hall–Kier alpha value is -3.03. The molecule has 0 atom stereocenters. The molecule has 3 aromatic rings. The average Bonchev–Trinajstić information content (AvgIpc) is 2.74. The Balaban J connectivity index is 1.87. The molecule has 9 heteroatoms. The highest BCUT2D eigenvalue weighted by atomic mass is 35.5. The number of hydrogen-bond donors (Lipinski definition) is 1. The van der Waals surface area contributed by atoms with Gasteiger partial charge in [0, 0.05) is 16.9 Å². The van der Waals surface area contributed by atoms with E-state index in [0.717, 1.165) is 23.1 Å². The summed E-state index contributed by atoms with van der Waals surface area (Å²) in [7, 11) is 0. The number of benzene rings is 3. The fourth-order valence-corrected chi connectivity index (χ4v) is 3.09. The SMILES string of the molecule is O=C(CN(C(=O)c1cccc(C(F)(F)F)c1)c1ccccc1)Nc1ccc(Cl)c(Cl)c1. The van der Waals surface area contributed by atoms with Crippen molar-refractivity contribution in [2.24, 2.45) is 0 Å². The molecule has 1 N–H and O–H groups in total. The molecule has 0 radical (unpaired) electrons. The second kappa shape index (κ2) is 9.41. The van der Waals surface area contributed by atoms with Gasteiger partial charge in [0.05, 0.1) is 15.6 Å². The summed E-state index contributed by atoms with van der Waals surface area (Å²) in [6.45, 7) is -0.431. The number of carbonyl (C=O) groups excluding carboxylic acids is 2. The molecule has 0 aliphatic carbocycles. The summed E-state index contributed by atoms with van der Waals surface area (Å²) in [5, 5.41) is 3.14. The van der Waals surface area contributed by atoms with Crippen LogP contribution in [0.4, 0.5) is 24.5 Å². The van der Waals surface area contributed by atoms with Crippen LogP contribution in [0, 0.1) is 0 Å². The predicted molar refractivity (Wildman–Crippen MR) is 115 cm³/mol. The van der Waals surface area contributed by atoms with E-state index >= 15 is 0 Å². The van der Waals surface area contributed by atoms with E-state index in [0.29, 0.717) is 16.4 Å². The van der Waals surface area contributed by atoms with E-state index in [-0.39, 0.29) is 10.6 Å². The van der Waals surface area contributed by atoms with Crippen LogP contribution in [0.3, 0.4) is 0 Å². The van der Waals surface area contributed by atoms with Crippen molar-refractivity contribution in [3.8, 4) is 0 Å². The van der Waals surface area contributed by atoms with Crippen LogP contribution in [0.2, 0.25) is 10.0 Å². The summed E-state index contributed by atoms with van der Waals surface area (Å²) in [5.74, 6) is -1.32. The zero-order valence-electron chi connectivity index (χ0n) is 15.8. The lowest BCUT2D eigenvalue weighted by atomic mass is 10.1. The number of carbonyl (C=O) groups is 2. The molecule has 0 saturated carbocycles. The van der Waals surface area contributed by atoms with Gasteiger partial charge in [-0.1, -0.05) is 47.5 Å². The lowest BCUT2D eigenvalue weighted by Crippen LogP contribution is -2.38. The summed E-state index contributed by atoms with van der Waals surface area (Å²) in [5.41, 5.74) is -0.430. The van der Waals surface area contributed by atoms with E-state index in [1.54, 1.807) is 30.3 Å². The molecule has 0 fully saturated rings. The quantitative estimate of drug-likeness (QED) is 0.479. The predicted octanol–water partition coefficient (Wildman–Crippen LogP) is 6.30. The number of halogens is 5. The molecule has 0 saturated heterocycles. The van der Waals surface area contributed by atoms with Crippen LogP contribution in [0.15, 0.2) is 72.8 Å². The third-order valence-corrected chi connectivity index (χ3v) is 4.99. The van der Waals surface area contributed by atoms with Crippen molar-refractivity contribution >= 4 is 46.4 Å². The van der Waals surface area contributed by atoms with E-state index in [9.17, 15) is 22.8 Å². The van der Waals surface area contributed by atoms with Crippen LogP contribution in [-0.2, 0) is 11.0 Å². The zero-order valence-corrected chi connectivity index (χ0v) is 17.3. The molecule has 4 nitrogen and oxygen atoms in total. The third kappa shape index (κ3) is 5.77. The number of nitrogens with zero attached hydrogens (tertiary/aromatic N) is 1. The monoisotopic (exact) mass is 466 g/mol. The van der Waals surface area contributed by atoms with Gasteiger partial charge >= 0.3 is 6.18 Å². The summed E-state index contributed by atoms with van der Waals surface area (Å²) in [6, 6.07) is 16.7. The van der Waals surface area contributed by atoms with Gasteiger partial charge in [0.15, 0.2) is 0 Å². The van der Waals surface area contributed by atoms with Gasteiger partial charge in [-0.15, -0.1) is 0 Å². The molecule has 0 unspecified atom stereocenters. The Bertz CT molecular complexity index is 1110. The molecule has 2 amide bonds. The van der Waals surface area contributed by atoms with Crippen molar-refractivity contribution in [1.29, 1.82) is 0 Å². The van der Waals surface area contributed by atoms with Gasteiger partial charge in [0.1, 0.15) is 6.54 Å². The van der Waals surface area contributed by atoms with Crippen molar-refractivity contribution in [1.82, 2.24) is 0 Å². The van der Waals surface area contributed by atoms with Gasteiger partial charge < -0.3 is 5.32 Å². The minimum absolute atomic E-state index is 0.194. The smallest absolute Gasteiger partial charge is 0.324 e. The molecule has 0 spiro atoms. The van der Waals surface area contributed by atoms with E-state index in [2.05, 4.69) is 5.32 Å². The van der Waals surface area contributed by atoms with Crippen molar-refractivity contribution in [2.75, 3.05) is 16.8 Å². The van der Waals surface area contributed by atoms with Gasteiger partial charge in [0.25, 0.3) is 5.91 Å². The highest BCUT2D eigenvalue weighted by molar-refractivity contribution is 6.42. The maximum Gasteiger partial charge on any atom is 0.416 e. The number of para-hydroxylation sites is 1. The Morgan fingerprint density at radius 1 is 0.871 bits per heavy atom. The van der Waals surface area contributed by atoms with Gasteiger partial charge in [-0.2, -0.15) is 13.2 Å². The number of anilines is 2. The second-order valence-electron chi connectivity index (χ2n) is 6.48. The number of amides is 2. The molecular formula is C22H15Cl2F3N2O2. The maximum absolute atomic E-state index is 13.1. The van der Waals surface area contributed by atoms with Crippen LogP contribution in [-0.4, -0.2) is 18.4 Å². The number of rotatable bonds is 5. The average molecular weight is 467 g/mol. The first-order valence-corrected chi connectivity index (χ1v) is 9.70. The molecular weight excluding hydrogens is 452 g/mol. The molecule has 0 heterocycles. The zero-order chi connectivity index (χ0) is 22.6. The van der Waals surface area contributed by atoms with Gasteiger partial charge in [-0.3, -0.25) is 14.5 Å². The van der Waals surface area contributed by atoms with Crippen LogP contribution in [0.1, 0.15) is 15.9 Å². The largest absolute Gasteiger partial charge is 0.416 e. The standard InChI is InChI=1S/C22H15Cl2F3N2O2/c23-18-10-9-16(12-19(18)24)28-20(30)13-29(17-7-2-1-3-8-17)21(31)14-5-4-6-15(11-14)22(25,26)27/h1-12H,13H2,(H,28,30). The second-order valence-corrected chi connectivity index (χ2v) is 7.30. The van der Waals surface area contributed by atoms with Crippen molar-refractivity contribution in [2.45, 2.75) is 6.18 Å². The summed E-state index contributed by atoms with van der Waals surface area (Å²) in [6.07, 6.45) is -4.60. The van der Waals surface area contributed by atoms with Crippen LogP contribution < -0.4 is 10.2 Å². The van der Waals surface area contributed by atoms with Crippen LogP contribution in [0.25, 0.3) is 0 Å². The molecule has 0 aliphatic heterocycles. The normalized spacial score (nSPS) is 11.1. The molecule has 0 bridgehead atoms. The first-order valence-electron chi connectivity index (χ1n) is 8.94. The lowest BCUT2D eigenvalue weighted by Gasteiger charge is -2.23. The van der Waals surface area contributed by atoms with Gasteiger partial charge in [0.2, 0.25) is 5.91 Å². The Morgan fingerprint density at radius 2 is 1.58 bits per heavy atom. The van der Waals surface area contributed by atoms with E-state index in [4.69, 9.17) is 23.2 Å². The number of nitrogens with one attached hydrogen (secondary N) is 1. The minimum atomic E-state index is -4.60. The van der Waals surface area contributed by atoms with Crippen LogP contribution >= 0.6 is 23.2 Å². The van der Waals surface area contributed by atoms with Crippen molar-refractivity contribution in [3.63, 3.8) is 0 Å². The Kier molecular flexibility index (Phi) is 6.87. The highest BCUT2D eigenvalue weighted by Gasteiger charge is 2.31. The van der Waals surface area contributed by atoms with E-state index in [1.807, 2.05) is 0 Å². The van der Waals surface area contributed by atoms with Gasteiger partial charge in [-0.25, -0.2) is 0 Å². The topological polar surface area (TPSA) is 49.4 Å². The third-order valence-electron chi connectivity index (χ3n) is 4.25. The summed E-state index contributed by atoms with van der Waals surface area (Å²) in [4.78, 5) is 26.7. The molecule has 31 heavy (non-hydrogen) atoms. The highest BCUT2D eigenvalue weighted by Crippen LogP contribution is 2.30. The molecule has 3 aromatic carbocycles. The van der Waals surface area contributed by atoms with Crippen molar-refractivity contribution < 1.29 is 22.8 Å². The molecule has 3 rings (SSSR count). The fraction of sp³-hybridized carbons (Fsp3) is 0.0909. The first kappa shape index (κ1) is 22.7.